The Bertz CT molecular complexity index is 4640. The number of nitrogens with zero attached hydrogens (tertiary/aromatic N) is 10. The molecule has 1 fully saturated rings. The number of sulfonamides is 1. The number of aromatic amines is 1. The van der Waals surface area contributed by atoms with Gasteiger partial charge in [0.05, 0.1) is 21.7 Å². The van der Waals surface area contributed by atoms with Gasteiger partial charge < -0.3 is 37.3 Å². The molecule has 0 atom stereocenters. The van der Waals surface area contributed by atoms with E-state index in [1.165, 1.54) is 72.3 Å². The molecular formula is C65H66ClN17O4S5. The number of primary amides is 1. The quantitative estimate of drug-likeness (QED) is 0.0417. The maximum atomic E-state index is 12.2. The van der Waals surface area contributed by atoms with Gasteiger partial charge >= 0.3 is 0 Å². The SMILES string of the molecule is C.CC(=O)c1nc(-c2sc(Nc3ccc(S(N)(=O)=O)cc3)nc2N)sc1Cc1ccccc1.Cc1cc(C)cc(Nc2nccc(-c3nc(C(N)=O)c(NC4CCCCC4)s3)n2)c1.Cc1nn2ccccc2c1-c1nc(N(C)c2ccc(Cl)cc2)c(-c2ncc[nH]2)s1. The lowest BCUT2D eigenvalue weighted by Gasteiger charge is -2.23. The lowest BCUT2D eigenvalue weighted by molar-refractivity contribution is 0.0992. The molecule has 0 spiro atoms. The van der Waals surface area contributed by atoms with Crippen molar-refractivity contribution < 1.29 is 18.0 Å². The van der Waals surface area contributed by atoms with E-state index in [1.807, 2.05) is 110 Å². The van der Waals surface area contributed by atoms with Crippen molar-refractivity contribution in [2.75, 3.05) is 33.6 Å². The predicted octanol–water partition coefficient (Wildman–Crippen LogP) is 15.1. The molecule has 4 aromatic carbocycles. The summed E-state index contributed by atoms with van der Waals surface area (Å²) in [4.78, 5) is 63.7. The van der Waals surface area contributed by atoms with Crippen molar-refractivity contribution in [3.63, 3.8) is 0 Å². The van der Waals surface area contributed by atoms with Crippen molar-refractivity contribution in [2.45, 2.75) is 84.6 Å². The number of nitrogen functional groups attached to an aromatic ring is 1. The number of pyridine rings is 1. The Hall–Kier alpha value is -9.28. The number of carbonyl (C=O) groups is 2. The summed E-state index contributed by atoms with van der Waals surface area (Å²) in [5, 5.41) is 23.7. The molecule has 8 aromatic heterocycles. The van der Waals surface area contributed by atoms with Crippen molar-refractivity contribution >= 4 is 129 Å². The second-order valence-electron chi connectivity index (χ2n) is 21.4. The van der Waals surface area contributed by atoms with E-state index in [2.05, 4.69) is 86.8 Å². The van der Waals surface area contributed by atoms with Gasteiger partial charge in [-0.3, -0.25) is 9.59 Å². The second-order valence-corrected chi connectivity index (χ2v) is 27.5. The maximum absolute atomic E-state index is 12.2. The van der Waals surface area contributed by atoms with Gasteiger partial charge in [0.15, 0.2) is 28.3 Å². The zero-order chi connectivity index (χ0) is 63.9. The van der Waals surface area contributed by atoms with E-state index in [4.69, 9.17) is 33.2 Å². The standard InChI is InChI=1S/C22H26N6OS.C21H17ClN6S.C21H19N5O3S3.CH4/c1-13-10-14(2)12-16(11-13)26-22-24-9-8-17(27-22)20-28-18(19(23)29)21(30-20)25-15-6-4-3-5-7-15;1-13-17(16-5-3-4-12-28(16)26-13)21-25-20(18(29-21)19-23-10-11-24-19)27(2)15-8-6-14(22)7-9-15;1-12(27)17-16(11-13-5-3-2-4-6-13)30-20(25-17)18-19(22)26-21(31-18)24-14-7-9-15(10-8-14)32(23,28)29;/h8-12,15,25H,3-7H2,1-2H3,(H2,23,29)(H,24,26,27);3-12H,1-2H3,(H,23,24);2-10H,11,22H2,1H3,(H,24,26)(H2,23,28,29);1H4. The lowest BCUT2D eigenvalue weighted by Crippen LogP contribution is -2.23. The summed E-state index contributed by atoms with van der Waals surface area (Å²) < 4.78 is 24.7. The average molecular weight is 1350 g/mol. The highest BCUT2D eigenvalue weighted by atomic mass is 35.5. The van der Waals surface area contributed by atoms with E-state index in [9.17, 15) is 18.0 Å². The number of aromatic nitrogens is 10. The number of nitrogens with one attached hydrogen (secondary N) is 4. The summed E-state index contributed by atoms with van der Waals surface area (Å²) in [6, 6.07) is 38.0. The molecule has 12 aromatic rings. The van der Waals surface area contributed by atoms with Crippen molar-refractivity contribution in [1.82, 2.24) is 49.5 Å². The van der Waals surface area contributed by atoms with Crippen LogP contribution in [0.25, 0.3) is 47.4 Å². The van der Waals surface area contributed by atoms with E-state index >= 15 is 0 Å². The first kappa shape index (κ1) is 65.7. The van der Waals surface area contributed by atoms with Gasteiger partial charge in [0, 0.05) is 78.2 Å². The average Bonchev–Trinajstić information content (AvgIpc) is 1.65. The molecule has 0 saturated heterocycles. The summed E-state index contributed by atoms with van der Waals surface area (Å²) in [6.07, 6.45) is 13.7. The number of carbonyl (C=O) groups excluding carboxylic acids is 2. The number of hydrogen-bond donors (Lipinski definition) is 7. The molecule has 92 heavy (non-hydrogen) atoms. The van der Waals surface area contributed by atoms with Crippen LogP contribution in [0.2, 0.25) is 5.02 Å². The first-order valence-corrected chi connectivity index (χ1v) is 33.9. The minimum atomic E-state index is -3.76. The van der Waals surface area contributed by atoms with Gasteiger partial charge in [-0.2, -0.15) is 5.10 Å². The normalized spacial score (nSPS) is 12.2. The third-order valence-electron chi connectivity index (χ3n) is 14.5. The number of thiazole rings is 4. The number of aryl methyl sites for hydroxylation is 3. The van der Waals surface area contributed by atoms with Crippen LogP contribution in [0.5, 0.6) is 0 Å². The van der Waals surface area contributed by atoms with Gasteiger partial charge in [0.25, 0.3) is 5.91 Å². The molecule has 1 aliphatic carbocycles. The summed E-state index contributed by atoms with van der Waals surface area (Å²) in [5.74, 6) is 1.77. The number of Topliss-reactive ketones (excluding diaryl/α,β-unsaturated/α-hetero) is 1. The summed E-state index contributed by atoms with van der Waals surface area (Å²) >= 11 is 11.8. The number of ketones is 1. The number of imidazole rings is 1. The molecule has 0 radical (unpaired) electrons. The van der Waals surface area contributed by atoms with Gasteiger partial charge in [-0.1, -0.05) is 103 Å². The van der Waals surface area contributed by atoms with Gasteiger partial charge in [-0.15, -0.1) is 22.7 Å². The Labute approximate surface area is 553 Å². The largest absolute Gasteiger partial charge is 0.382 e. The fourth-order valence-electron chi connectivity index (χ4n) is 10.2. The molecule has 13 rings (SSSR count). The molecule has 1 amide bonds. The molecule has 0 aliphatic heterocycles. The van der Waals surface area contributed by atoms with Crippen molar-refractivity contribution in [1.29, 1.82) is 0 Å². The van der Waals surface area contributed by atoms with Crippen LogP contribution in [0, 0.1) is 20.8 Å². The van der Waals surface area contributed by atoms with E-state index in [0.717, 1.165) is 89.1 Å². The zero-order valence-electron chi connectivity index (χ0n) is 49.9. The molecule has 10 N–H and O–H groups in total. The van der Waals surface area contributed by atoms with Crippen LogP contribution < -0.4 is 37.5 Å². The molecule has 472 valence electrons. The van der Waals surface area contributed by atoms with Crippen LogP contribution in [-0.2, 0) is 16.4 Å². The van der Waals surface area contributed by atoms with E-state index in [-0.39, 0.29) is 23.8 Å². The van der Waals surface area contributed by atoms with Gasteiger partial charge in [0.1, 0.15) is 47.0 Å². The second kappa shape index (κ2) is 28.9. The minimum Gasteiger partial charge on any atom is -0.382 e. The van der Waals surface area contributed by atoms with Crippen LogP contribution in [0.3, 0.4) is 0 Å². The van der Waals surface area contributed by atoms with E-state index < -0.39 is 15.9 Å². The first-order valence-electron chi connectivity index (χ1n) is 28.7. The molecule has 1 aliphatic rings. The van der Waals surface area contributed by atoms with E-state index in [1.54, 1.807) is 41.9 Å². The molecule has 21 nitrogen and oxygen atoms in total. The number of amides is 1. The number of nitrogens with two attached hydrogens (primary N) is 3. The van der Waals surface area contributed by atoms with Gasteiger partial charge in [-0.05, 0) is 129 Å². The Morgan fingerprint density at radius 2 is 1.47 bits per heavy atom. The molecule has 0 bridgehead atoms. The molecule has 8 heterocycles. The number of rotatable bonds is 17. The Balaban J connectivity index is 0.000000151. The van der Waals surface area contributed by atoms with Gasteiger partial charge in [-0.25, -0.2) is 53.0 Å². The third-order valence-corrected chi connectivity index (χ3v) is 19.9. The number of hydrogen-bond acceptors (Lipinski definition) is 21. The summed E-state index contributed by atoms with van der Waals surface area (Å²) in [5.41, 5.74) is 22.1. The Morgan fingerprint density at radius 3 is 2.15 bits per heavy atom. The fraction of sp³-hybridized carbons (Fsp3) is 0.200. The van der Waals surface area contributed by atoms with Crippen LogP contribution in [-0.4, -0.2) is 82.7 Å². The minimum absolute atomic E-state index is 0. The maximum Gasteiger partial charge on any atom is 0.270 e. The van der Waals surface area contributed by atoms with Crippen LogP contribution in [0.4, 0.5) is 44.8 Å². The highest BCUT2D eigenvalue weighted by molar-refractivity contribution is 7.89. The lowest BCUT2D eigenvalue weighted by atomic mass is 9.96. The van der Waals surface area contributed by atoms with Crippen molar-refractivity contribution in [2.24, 2.45) is 10.9 Å². The van der Waals surface area contributed by atoms with Gasteiger partial charge in [0.2, 0.25) is 16.0 Å². The highest BCUT2D eigenvalue weighted by Crippen LogP contribution is 2.44. The van der Waals surface area contributed by atoms with Crippen LogP contribution >= 0.6 is 56.9 Å². The third kappa shape index (κ3) is 15.7. The molecule has 27 heteroatoms. The number of primary sulfonamides is 1. The Kier molecular flexibility index (Phi) is 20.6. The first-order chi connectivity index (χ1) is 43.8. The number of fused-ring (bicyclic) bond motifs is 1. The smallest absolute Gasteiger partial charge is 0.270 e. The van der Waals surface area contributed by atoms with Crippen LogP contribution in [0.15, 0.2) is 151 Å². The number of halogens is 1. The van der Waals surface area contributed by atoms with E-state index in [0.29, 0.717) is 66.4 Å². The predicted molar refractivity (Wildman–Crippen MR) is 374 cm³/mol. The monoisotopic (exact) mass is 1340 g/mol. The highest BCUT2D eigenvalue weighted by Gasteiger charge is 2.26. The number of benzene rings is 4. The zero-order valence-corrected chi connectivity index (χ0v) is 54.8. The molecular weight excluding hydrogens is 1280 g/mol. The number of anilines is 8. The fourth-order valence-corrected chi connectivity index (χ4v) is 15.2. The molecule has 1 saturated carbocycles. The summed E-state index contributed by atoms with van der Waals surface area (Å²) in [7, 11) is -1.76. The summed E-state index contributed by atoms with van der Waals surface area (Å²) in [6.45, 7) is 7.62. The molecule has 0 unspecified atom stereocenters. The number of H-pyrrole nitrogens is 1. The topological polar surface area (TPSA) is 309 Å². The van der Waals surface area contributed by atoms with Crippen LogP contribution in [0.1, 0.15) is 94.7 Å². The van der Waals surface area contributed by atoms with Crippen molar-refractivity contribution in [3.05, 3.63) is 190 Å². The Morgan fingerprint density at radius 1 is 0.750 bits per heavy atom. The van der Waals surface area contributed by atoms with Crippen molar-refractivity contribution in [3.8, 4) is 41.9 Å².